The van der Waals surface area contributed by atoms with Crippen LogP contribution in [-0.2, 0) is 0 Å². The van der Waals surface area contributed by atoms with Crippen molar-refractivity contribution in [3.05, 3.63) is 24.2 Å². The number of aliphatic hydroxyl groups excluding tert-OH is 2. The SMILES string of the molecule is O[C@H]1CN(C2=CC=CNN2)C[C@@H]1O. The first-order valence-corrected chi connectivity index (χ1v) is 4.27. The molecule has 0 amide bonds. The highest BCUT2D eigenvalue weighted by atomic mass is 16.3. The number of aliphatic hydroxyl groups is 2. The van der Waals surface area contributed by atoms with Crippen molar-refractivity contribution < 1.29 is 10.2 Å². The molecule has 0 bridgehead atoms. The van der Waals surface area contributed by atoms with E-state index in [-0.39, 0.29) is 0 Å². The second kappa shape index (κ2) is 3.27. The van der Waals surface area contributed by atoms with Crippen LogP contribution in [0.4, 0.5) is 0 Å². The number of nitrogens with zero attached hydrogens (tertiary/aromatic N) is 1. The highest BCUT2D eigenvalue weighted by Gasteiger charge is 2.30. The number of hydrogen-bond acceptors (Lipinski definition) is 5. The number of allylic oxidation sites excluding steroid dienone is 2. The molecule has 0 aromatic heterocycles. The van der Waals surface area contributed by atoms with Crippen LogP contribution >= 0.6 is 0 Å². The zero-order chi connectivity index (χ0) is 9.26. The van der Waals surface area contributed by atoms with Crippen LogP contribution in [-0.4, -0.2) is 40.4 Å². The Balaban J connectivity index is 2.02. The van der Waals surface area contributed by atoms with Gasteiger partial charge in [-0.2, -0.15) is 0 Å². The van der Waals surface area contributed by atoms with Gasteiger partial charge >= 0.3 is 0 Å². The Morgan fingerprint density at radius 3 is 2.54 bits per heavy atom. The van der Waals surface area contributed by atoms with Gasteiger partial charge in [-0.15, -0.1) is 0 Å². The third kappa shape index (κ3) is 1.61. The van der Waals surface area contributed by atoms with Crippen LogP contribution in [0.25, 0.3) is 0 Å². The topological polar surface area (TPSA) is 67.8 Å². The van der Waals surface area contributed by atoms with Crippen molar-refractivity contribution in [2.24, 2.45) is 0 Å². The molecule has 5 heteroatoms. The molecular formula is C8H13N3O2. The van der Waals surface area contributed by atoms with E-state index >= 15 is 0 Å². The lowest BCUT2D eigenvalue weighted by atomic mass is 10.3. The Morgan fingerprint density at radius 1 is 1.31 bits per heavy atom. The van der Waals surface area contributed by atoms with Gasteiger partial charge in [0.25, 0.3) is 0 Å². The average Bonchev–Trinajstić information content (AvgIpc) is 2.49. The first-order valence-electron chi connectivity index (χ1n) is 4.27. The predicted octanol–water partition coefficient (Wildman–Crippen LogP) is -1.51. The van der Waals surface area contributed by atoms with E-state index in [1.165, 1.54) is 0 Å². The van der Waals surface area contributed by atoms with Crippen LogP contribution in [0, 0.1) is 0 Å². The highest BCUT2D eigenvalue weighted by molar-refractivity contribution is 5.14. The molecule has 0 radical (unpaired) electrons. The lowest BCUT2D eigenvalue weighted by Crippen LogP contribution is -2.38. The molecule has 0 saturated carbocycles. The van der Waals surface area contributed by atoms with E-state index in [9.17, 15) is 10.2 Å². The fourth-order valence-electron chi connectivity index (χ4n) is 1.50. The summed E-state index contributed by atoms with van der Waals surface area (Å²) in [5.41, 5.74) is 5.77. The quantitative estimate of drug-likeness (QED) is 0.398. The molecule has 5 nitrogen and oxygen atoms in total. The third-order valence-corrected chi connectivity index (χ3v) is 2.23. The summed E-state index contributed by atoms with van der Waals surface area (Å²) in [4.78, 5) is 1.89. The van der Waals surface area contributed by atoms with Gasteiger partial charge in [0.15, 0.2) is 0 Å². The molecular weight excluding hydrogens is 170 g/mol. The summed E-state index contributed by atoms with van der Waals surface area (Å²) < 4.78 is 0. The standard InChI is InChI=1S/C8H13N3O2/c12-6-4-11(5-7(6)13)8-2-1-3-9-10-8/h1-3,6-7,9-10,12-13H,4-5H2/t6-,7-/m0/s1. The maximum Gasteiger partial charge on any atom is 0.120 e. The van der Waals surface area contributed by atoms with E-state index in [0.29, 0.717) is 13.1 Å². The van der Waals surface area contributed by atoms with Crippen LogP contribution in [0.3, 0.4) is 0 Å². The van der Waals surface area contributed by atoms with E-state index in [1.807, 2.05) is 17.1 Å². The number of rotatable bonds is 1. The van der Waals surface area contributed by atoms with Gasteiger partial charge in [0.1, 0.15) is 5.82 Å². The second-order valence-electron chi connectivity index (χ2n) is 3.22. The average molecular weight is 183 g/mol. The Kier molecular flexibility index (Phi) is 2.12. The summed E-state index contributed by atoms with van der Waals surface area (Å²) in [6, 6.07) is 0. The summed E-state index contributed by atoms with van der Waals surface area (Å²) in [5.74, 6) is 0.873. The zero-order valence-corrected chi connectivity index (χ0v) is 7.14. The van der Waals surface area contributed by atoms with Crippen molar-refractivity contribution >= 4 is 0 Å². The van der Waals surface area contributed by atoms with E-state index in [2.05, 4.69) is 10.9 Å². The minimum atomic E-state index is -0.645. The van der Waals surface area contributed by atoms with Gasteiger partial charge in [0.2, 0.25) is 0 Å². The third-order valence-electron chi connectivity index (χ3n) is 2.23. The lowest BCUT2D eigenvalue weighted by molar-refractivity contribution is 0.0572. The Hall–Kier alpha value is -1.20. The van der Waals surface area contributed by atoms with Gasteiger partial charge in [0, 0.05) is 19.3 Å². The molecule has 0 aromatic rings. The Bertz CT molecular complexity index is 242. The van der Waals surface area contributed by atoms with E-state index in [0.717, 1.165) is 5.82 Å². The number of hydrogen-bond donors (Lipinski definition) is 4. The molecule has 2 heterocycles. The zero-order valence-electron chi connectivity index (χ0n) is 7.14. The van der Waals surface area contributed by atoms with E-state index < -0.39 is 12.2 Å². The normalized spacial score (nSPS) is 32.5. The van der Waals surface area contributed by atoms with E-state index in [4.69, 9.17) is 0 Å². The van der Waals surface area contributed by atoms with Crippen molar-refractivity contribution in [2.75, 3.05) is 13.1 Å². The summed E-state index contributed by atoms with van der Waals surface area (Å²) in [6.45, 7) is 0.936. The van der Waals surface area contributed by atoms with E-state index in [1.54, 1.807) is 6.20 Å². The van der Waals surface area contributed by atoms with Crippen molar-refractivity contribution in [1.82, 2.24) is 15.8 Å². The fourth-order valence-corrected chi connectivity index (χ4v) is 1.50. The van der Waals surface area contributed by atoms with Gasteiger partial charge in [0.05, 0.1) is 12.2 Å². The molecule has 1 saturated heterocycles. The predicted molar refractivity (Wildman–Crippen MR) is 47.1 cm³/mol. The molecule has 0 spiro atoms. The summed E-state index contributed by atoms with van der Waals surface area (Å²) >= 11 is 0. The molecule has 2 atom stereocenters. The molecule has 1 fully saturated rings. The smallest absolute Gasteiger partial charge is 0.120 e. The maximum absolute atomic E-state index is 9.31. The number of hydrazine groups is 1. The molecule has 72 valence electrons. The molecule has 0 unspecified atom stereocenters. The van der Waals surface area contributed by atoms with Gasteiger partial charge in [-0.25, -0.2) is 0 Å². The van der Waals surface area contributed by atoms with Crippen molar-refractivity contribution in [2.45, 2.75) is 12.2 Å². The maximum atomic E-state index is 9.31. The second-order valence-corrected chi connectivity index (χ2v) is 3.22. The summed E-state index contributed by atoms with van der Waals surface area (Å²) in [6.07, 6.45) is 4.23. The van der Waals surface area contributed by atoms with Crippen molar-refractivity contribution in [3.63, 3.8) is 0 Å². The van der Waals surface area contributed by atoms with Gasteiger partial charge < -0.3 is 20.5 Å². The molecule has 13 heavy (non-hydrogen) atoms. The minimum absolute atomic E-state index is 0.468. The van der Waals surface area contributed by atoms with Gasteiger partial charge in [-0.1, -0.05) is 0 Å². The monoisotopic (exact) mass is 183 g/mol. The van der Waals surface area contributed by atoms with Crippen LogP contribution in [0.5, 0.6) is 0 Å². The molecule has 2 rings (SSSR count). The van der Waals surface area contributed by atoms with Crippen LogP contribution < -0.4 is 10.9 Å². The first-order chi connectivity index (χ1) is 6.27. The number of β-amino-alcohol motifs (C(OH)–C–C–N with tert-alkyl or cyclic N) is 2. The highest BCUT2D eigenvalue weighted by Crippen LogP contribution is 2.14. The molecule has 4 N–H and O–H groups in total. The molecule has 0 aromatic carbocycles. The minimum Gasteiger partial charge on any atom is -0.389 e. The van der Waals surface area contributed by atoms with Gasteiger partial charge in [-0.05, 0) is 12.2 Å². The summed E-state index contributed by atoms with van der Waals surface area (Å²) in [5, 5.41) is 18.6. The lowest BCUT2D eigenvalue weighted by Gasteiger charge is -2.23. The Labute approximate surface area is 76.3 Å². The van der Waals surface area contributed by atoms with Crippen LogP contribution in [0.15, 0.2) is 24.2 Å². The van der Waals surface area contributed by atoms with Gasteiger partial charge in [-0.3, -0.25) is 5.43 Å². The molecule has 2 aliphatic heterocycles. The molecule has 0 aliphatic carbocycles. The van der Waals surface area contributed by atoms with Crippen LogP contribution in [0.1, 0.15) is 0 Å². The largest absolute Gasteiger partial charge is 0.389 e. The number of nitrogens with one attached hydrogen (secondary N) is 2. The first kappa shape index (κ1) is 8.40. The van der Waals surface area contributed by atoms with Crippen molar-refractivity contribution in [1.29, 1.82) is 0 Å². The summed E-state index contributed by atoms with van der Waals surface area (Å²) in [7, 11) is 0. The van der Waals surface area contributed by atoms with Crippen LogP contribution in [0.2, 0.25) is 0 Å². The Morgan fingerprint density at radius 2 is 2.00 bits per heavy atom. The van der Waals surface area contributed by atoms with Crippen molar-refractivity contribution in [3.8, 4) is 0 Å². The number of likely N-dealkylation sites (tertiary alicyclic amines) is 1. The molecule has 2 aliphatic rings. The fraction of sp³-hybridized carbons (Fsp3) is 0.500.